The van der Waals surface area contributed by atoms with Crippen LogP contribution in [0.5, 0.6) is 5.75 Å². The smallest absolute Gasteiger partial charge is 0.123 e. The van der Waals surface area contributed by atoms with E-state index in [1.54, 1.807) is 0 Å². The Kier molecular flexibility index (Phi) is 2.84. The van der Waals surface area contributed by atoms with Gasteiger partial charge < -0.3 is 4.74 Å². The van der Waals surface area contributed by atoms with E-state index >= 15 is 0 Å². The fourth-order valence-electron chi connectivity index (χ4n) is 3.50. The van der Waals surface area contributed by atoms with E-state index in [1.165, 1.54) is 22.3 Å². The highest BCUT2D eigenvalue weighted by Gasteiger charge is 2.35. The topological polar surface area (TPSA) is 9.23 Å². The first-order chi connectivity index (χ1) is 10.1. The van der Waals surface area contributed by atoms with Crippen LogP contribution < -0.4 is 4.74 Å². The molecule has 0 amide bonds. The lowest BCUT2D eigenvalue weighted by Crippen LogP contribution is -2.21. The van der Waals surface area contributed by atoms with E-state index in [-0.39, 0.29) is 10.8 Å². The molecule has 108 valence electrons. The molecule has 0 bridgehead atoms. The fraction of sp³-hybridized carbons (Fsp3) is 0.368. The highest BCUT2D eigenvalue weighted by atomic mass is 35.5. The number of fused-ring (bicyclic) bond motifs is 2. The summed E-state index contributed by atoms with van der Waals surface area (Å²) in [4.78, 5) is 0. The Morgan fingerprint density at radius 1 is 1.19 bits per heavy atom. The third-order valence-corrected chi connectivity index (χ3v) is 5.44. The summed E-state index contributed by atoms with van der Waals surface area (Å²) in [6.45, 7) is 5.21. The lowest BCUT2D eigenvalue weighted by Gasteiger charge is -2.34. The molecular weight excluding hydrogens is 280 g/mol. The SMILES string of the molecule is CC1(C)COc2ccc(C(Cl)C3Cc4ccccc43)cc21. The standard InChI is InChI=1S/C19H19ClO/c1-19(2)11-21-17-8-7-13(10-16(17)19)18(20)15-9-12-5-3-4-6-14(12)15/h3-8,10,15,18H,9,11H2,1-2H3. The summed E-state index contributed by atoms with van der Waals surface area (Å²) < 4.78 is 5.76. The summed E-state index contributed by atoms with van der Waals surface area (Å²) in [6.07, 6.45) is 1.08. The largest absolute Gasteiger partial charge is 0.492 e. The average Bonchev–Trinajstić information content (AvgIpc) is 2.75. The number of hydrogen-bond donors (Lipinski definition) is 0. The summed E-state index contributed by atoms with van der Waals surface area (Å²) in [5.41, 5.74) is 5.44. The molecule has 21 heavy (non-hydrogen) atoms. The fourth-order valence-corrected chi connectivity index (χ4v) is 3.86. The summed E-state index contributed by atoms with van der Waals surface area (Å²) >= 11 is 6.79. The Morgan fingerprint density at radius 2 is 2.00 bits per heavy atom. The summed E-state index contributed by atoms with van der Waals surface area (Å²) in [5.74, 6) is 1.45. The zero-order chi connectivity index (χ0) is 14.6. The molecule has 2 unspecified atom stereocenters. The third-order valence-electron chi connectivity index (χ3n) is 4.89. The highest BCUT2D eigenvalue weighted by Crippen LogP contribution is 2.48. The minimum Gasteiger partial charge on any atom is -0.492 e. The van der Waals surface area contributed by atoms with Crippen molar-refractivity contribution in [3.63, 3.8) is 0 Å². The first-order valence-electron chi connectivity index (χ1n) is 7.55. The van der Waals surface area contributed by atoms with Crippen molar-refractivity contribution in [1.82, 2.24) is 0 Å². The van der Waals surface area contributed by atoms with Crippen LogP contribution in [0.1, 0.15) is 47.4 Å². The Morgan fingerprint density at radius 3 is 2.81 bits per heavy atom. The summed E-state index contributed by atoms with van der Waals surface area (Å²) in [5, 5.41) is 0.0431. The maximum atomic E-state index is 6.79. The van der Waals surface area contributed by atoms with Gasteiger partial charge in [0.15, 0.2) is 0 Å². The average molecular weight is 299 g/mol. The zero-order valence-corrected chi connectivity index (χ0v) is 13.2. The summed E-state index contributed by atoms with van der Waals surface area (Å²) in [7, 11) is 0. The predicted octanol–water partition coefficient (Wildman–Crippen LogP) is 4.98. The molecule has 1 nitrogen and oxygen atoms in total. The van der Waals surface area contributed by atoms with E-state index in [4.69, 9.17) is 16.3 Å². The molecule has 1 aliphatic heterocycles. The lowest BCUT2D eigenvalue weighted by atomic mass is 9.74. The molecule has 4 rings (SSSR count). The van der Waals surface area contributed by atoms with E-state index in [1.807, 2.05) is 0 Å². The van der Waals surface area contributed by atoms with Crippen LogP contribution in [0, 0.1) is 0 Å². The minimum atomic E-state index is 0.0431. The van der Waals surface area contributed by atoms with Crippen LogP contribution in [0.25, 0.3) is 0 Å². The van der Waals surface area contributed by atoms with Crippen LogP contribution in [-0.4, -0.2) is 6.61 Å². The molecule has 0 N–H and O–H groups in total. The van der Waals surface area contributed by atoms with Crippen LogP contribution in [-0.2, 0) is 11.8 Å². The third kappa shape index (κ3) is 1.98. The molecule has 0 fully saturated rings. The van der Waals surface area contributed by atoms with Gasteiger partial charge in [-0.1, -0.05) is 44.2 Å². The second-order valence-corrected chi connectivity index (χ2v) is 7.31. The quantitative estimate of drug-likeness (QED) is 0.711. The van der Waals surface area contributed by atoms with Gasteiger partial charge in [-0.25, -0.2) is 0 Å². The van der Waals surface area contributed by atoms with E-state index < -0.39 is 0 Å². The van der Waals surface area contributed by atoms with Crippen LogP contribution >= 0.6 is 11.6 Å². The van der Waals surface area contributed by atoms with Crippen LogP contribution in [0.15, 0.2) is 42.5 Å². The maximum Gasteiger partial charge on any atom is 0.123 e. The molecule has 1 aliphatic carbocycles. The zero-order valence-electron chi connectivity index (χ0n) is 12.4. The number of hydrogen-bond acceptors (Lipinski definition) is 1. The van der Waals surface area contributed by atoms with Gasteiger partial charge in [-0.05, 0) is 35.2 Å². The lowest BCUT2D eigenvalue weighted by molar-refractivity contribution is 0.291. The first-order valence-corrected chi connectivity index (χ1v) is 7.99. The van der Waals surface area contributed by atoms with Crippen LogP contribution in [0.3, 0.4) is 0 Å². The van der Waals surface area contributed by atoms with Gasteiger partial charge in [-0.3, -0.25) is 0 Å². The molecule has 0 radical (unpaired) electrons. The Labute approximate surface area is 130 Å². The summed E-state index contributed by atoms with van der Waals surface area (Å²) in [6, 6.07) is 15.1. The van der Waals surface area contributed by atoms with Gasteiger partial charge >= 0.3 is 0 Å². The first kappa shape index (κ1) is 13.2. The molecule has 2 aromatic carbocycles. The van der Waals surface area contributed by atoms with Gasteiger partial charge in [0.05, 0.1) is 12.0 Å². The molecule has 0 saturated heterocycles. The van der Waals surface area contributed by atoms with Crippen LogP contribution in [0.2, 0.25) is 0 Å². The van der Waals surface area contributed by atoms with Crippen molar-refractivity contribution in [3.8, 4) is 5.75 Å². The Balaban J connectivity index is 1.67. The molecule has 2 aliphatic rings. The molecule has 2 heteroatoms. The second-order valence-electron chi connectivity index (χ2n) is 6.84. The monoisotopic (exact) mass is 298 g/mol. The van der Waals surface area contributed by atoms with E-state index in [2.05, 4.69) is 56.3 Å². The van der Waals surface area contributed by atoms with Crippen molar-refractivity contribution in [2.75, 3.05) is 6.61 Å². The normalized spacial score (nSPS) is 22.7. The molecule has 1 heterocycles. The Hall–Kier alpha value is -1.47. The van der Waals surface area contributed by atoms with Crippen molar-refractivity contribution >= 4 is 11.6 Å². The Bertz CT molecular complexity index is 704. The minimum absolute atomic E-state index is 0.0431. The molecule has 2 aromatic rings. The van der Waals surface area contributed by atoms with E-state index in [9.17, 15) is 0 Å². The van der Waals surface area contributed by atoms with E-state index in [0.29, 0.717) is 5.92 Å². The molecule has 0 aromatic heterocycles. The van der Waals surface area contributed by atoms with Gasteiger partial charge in [0.1, 0.15) is 5.75 Å². The molecular formula is C19H19ClO. The van der Waals surface area contributed by atoms with Gasteiger partial charge in [0, 0.05) is 16.9 Å². The van der Waals surface area contributed by atoms with E-state index in [0.717, 1.165) is 18.8 Å². The van der Waals surface area contributed by atoms with Gasteiger partial charge in [0.2, 0.25) is 0 Å². The number of rotatable bonds is 2. The maximum absolute atomic E-state index is 6.79. The van der Waals surface area contributed by atoms with Gasteiger partial charge in [-0.2, -0.15) is 0 Å². The van der Waals surface area contributed by atoms with Crippen molar-refractivity contribution in [3.05, 3.63) is 64.7 Å². The van der Waals surface area contributed by atoms with Gasteiger partial charge in [-0.15, -0.1) is 11.6 Å². The highest BCUT2D eigenvalue weighted by molar-refractivity contribution is 6.21. The van der Waals surface area contributed by atoms with Crippen molar-refractivity contribution in [2.45, 2.75) is 37.0 Å². The van der Waals surface area contributed by atoms with Crippen molar-refractivity contribution < 1.29 is 4.74 Å². The molecule has 0 saturated carbocycles. The van der Waals surface area contributed by atoms with Gasteiger partial charge in [0.25, 0.3) is 0 Å². The van der Waals surface area contributed by atoms with Crippen molar-refractivity contribution in [1.29, 1.82) is 0 Å². The second kappa shape index (κ2) is 4.51. The number of benzene rings is 2. The molecule has 2 atom stereocenters. The number of ether oxygens (including phenoxy) is 1. The number of halogens is 1. The molecule has 0 spiro atoms. The predicted molar refractivity (Wildman–Crippen MR) is 86.4 cm³/mol. The van der Waals surface area contributed by atoms with Crippen molar-refractivity contribution in [2.24, 2.45) is 0 Å². The number of alkyl halides is 1. The van der Waals surface area contributed by atoms with Crippen LogP contribution in [0.4, 0.5) is 0 Å².